The van der Waals surface area contributed by atoms with Gasteiger partial charge in [-0.15, -0.1) is 0 Å². The molecule has 1 fully saturated rings. The topological polar surface area (TPSA) is 12.0 Å². The summed E-state index contributed by atoms with van der Waals surface area (Å²) >= 11 is 7.43. The number of nitrogens with one attached hydrogen (secondary N) is 1. The van der Waals surface area contributed by atoms with E-state index in [0.29, 0.717) is 6.04 Å². The van der Waals surface area contributed by atoms with Gasteiger partial charge in [-0.05, 0) is 55.6 Å². The van der Waals surface area contributed by atoms with Gasteiger partial charge in [0.2, 0.25) is 0 Å². The molecule has 1 aliphatic rings. The normalized spacial score (nSPS) is 17.5. The SMILES string of the molecule is CNC(c1cc(Br)c(C)cc1Br)C1(c2ccccc2)CC1. The highest BCUT2D eigenvalue weighted by Gasteiger charge is 2.51. The number of hydrogen-bond acceptors (Lipinski definition) is 1. The summed E-state index contributed by atoms with van der Waals surface area (Å²) in [5.74, 6) is 0. The van der Waals surface area contributed by atoms with Gasteiger partial charge in [-0.2, -0.15) is 0 Å². The van der Waals surface area contributed by atoms with Crippen LogP contribution in [-0.2, 0) is 5.41 Å². The lowest BCUT2D eigenvalue weighted by molar-refractivity contribution is 0.461. The molecular weight excluding hydrogens is 390 g/mol. The number of rotatable bonds is 4. The molecule has 3 rings (SSSR count). The highest BCUT2D eigenvalue weighted by atomic mass is 79.9. The molecular formula is C18H19Br2N. The molecule has 1 N–H and O–H groups in total. The Morgan fingerprint density at radius 2 is 1.71 bits per heavy atom. The molecule has 2 aromatic rings. The van der Waals surface area contributed by atoms with Crippen LogP contribution < -0.4 is 5.32 Å². The summed E-state index contributed by atoms with van der Waals surface area (Å²) in [5, 5.41) is 3.56. The Labute approximate surface area is 143 Å². The molecule has 1 saturated carbocycles. The summed E-state index contributed by atoms with van der Waals surface area (Å²) in [6, 6.07) is 15.7. The molecule has 1 unspecified atom stereocenters. The van der Waals surface area contributed by atoms with E-state index in [1.54, 1.807) is 0 Å². The number of halogens is 2. The standard InChI is InChI=1S/C18H19Br2N/c1-12-10-16(20)14(11-15(12)19)17(21-2)18(8-9-18)13-6-4-3-5-7-13/h3-7,10-11,17,21H,8-9H2,1-2H3. The van der Waals surface area contributed by atoms with Crippen LogP contribution in [0, 0.1) is 6.92 Å². The van der Waals surface area contributed by atoms with Crippen molar-refractivity contribution >= 4 is 31.9 Å². The minimum absolute atomic E-state index is 0.229. The molecule has 0 bridgehead atoms. The van der Waals surface area contributed by atoms with Crippen LogP contribution in [0.15, 0.2) is 51.4 Å². The number of benzene rings is 2. The summed E-state index contributed by atoms with van der Waals surface area (Å²) in [5.41, 5.74) is 4.25. The Hall–Kier alpha value is -0.640. The van der Waals surface area contributed by atoms with Gasteiger partial charge in [-0.1, -0.05) is 62.2 Å². The minimum atomic E-state index is 0.229. The smallest absolute Gasteiger partial charge is 0.0427 e. The molecule has 0 radical (unpaired) electrons. The van der Waals surface area contributed by atoms with Crippen LogP contribution in [0.4, 0.5) is 0 Å². The largest absolute Gasteiger partial charge is 0.312 e. The van der Waals surface area contributed by atoms with Crippen molar-refractivity contribution < 1.29 is 0 Å². The second kappa shape index (κ2) is 5.86. The Morgan fingerprint density at radius 3 is 2.29 bits per heavy atom. The number of likely N-dealkylation sites (N-methyl/N-ethyl adjacent to an activating group) is 1. The Bertz CT molecular complexity index is 648. The maximum Gasteiger partial charge on any atom is 0.0427 e. The van der Waals surface area contributed by atoms with Gasteiger partial charge in [0.15, 0.2) is 0 Å². The highest BCUT2D eigenvalue weighted by molar-refractivity contribution is 9.11. The lowest BCUT2D eigenvalue weighted by Gasteiger charge is -2.29. The van der Waals surface area contributed by atoms with E-state index in [1.165, 1.54) is 38.5 Å². The van der Waals surface area contributed by atoms with E-state index in [9.17, 15) is 0 Å². The molecule has 1 nitrogen and oxygen atoms in total. The van der Waals surface area contributed by atoms with Gasteiger partial charge in [0.1, 0.15) is 0 Å². The van der Waals surface area contributed by atoms with Gasteiger partial charge in [0.25, 0.3) is 0 Å². The molecule has 0 aromatic heterocycles. The first-order valence-corrected chi connectivity index (χ1v) is 8.85. The average molecular weight is 409 g/mol. The Morgan fingerprint density at radius 1 is 1.05 bits per heavy atom. The molecule has 110 valence electrons. The Kier molecular flexibility index (Phi) is 4.26. The molecule has 0 amide bonds. The molecule has 0 saturated heterocycles. The second-order valence-corrected chi connectivity index (χ2v) is 7.58. The first-order chi connectivity index (χ1) is 10.1. The molecule has 1 aliphatic carbocycles. The Balaban J connectivity index is 2.06. The molecule has 21 heavy (non-hydrogen) atoms. The van der Waals surface area contributed by atoms with Crippen molar-refractivity contribution in [2.75, 3.05) is 7.05 Å². The molecule has 0 aliphatic heterocycles. The van der Waals surface area contributed by atoms with E-state index in [1.807, 2.05) is 0 Å². The summed E-state index contributed by atoms with van der Waals surface area (Å²) in [6.45, 7) is 2.12. The van der Waals surface area contributed by atoms with Gasteiger partial charge in [-0.3, -0.25) is 0 Å². The van der Waals surface area contributed by atoms with Gasteiger partial charge < -0.3 is 5.32 Å². The van der Waals surface area contributed by atoms with Gasteiger partial charge in [-0.25, -0.2) is 0 Å². The van der Waals surface area contributed by atoms with E-state index < -0.39 is 0 Å². The lowest BCUT2D eigenvalue weighted by Crippen LogP contribution is -2.30. The predicted octanol–water partition coefficient (Wildman–Crippen LogP) is 5.51. The summed E-state index contributed by atoms with van der Waals surface area (Å²) in [6.07, 6.45) is 2.47. The maximum absolute atomic E-state index is 3.75. The van der Waals surface area contributed by atoms with Crippen LogP contribution >= 0.6 is 31.9 Å². The van der Waals surface area contributed by atoms with E-state index in [4.69, 9.17) is 0 Å². The van der Waals surface area contributed by atoms with Crippen molar-refractivity contribution in [1.82, 2.24) is 5.32 Å². The zero-order chi connectivity index (χ0) is 15.0. The van der Waals surface area contributed by atoms with Gasteiger partial charge in [0.05, 0.1) is 0 Å². The maximum atomic E-state index is 3.75. The molecule has 2 aromatic carbocycles. The first kappa shape index (κ1) is 15.3. The van der Waals surface area contributed by atoms with Gasteiger partial charge in [0, 0.05) is 20.4 Å². The number of aryl methyl sites for hydroxylation is 1. The first-order valence-electron chi connectivity index (χ1n) is 7.27. The van der Waals surface area contributed by atoms with Crippen molar-refractivity contribution in [1.29, 1.82) is 0 Å². The summed E-state index contributed by atoms with van der Waals surface area (Å²) in [7, 11) is 2.06. The fourth-order valence-corrected chi connectivity index (χ4v) is 4.31. The fraction of sp³-hybridized carbons (Fsp3) is 0.333. The molecule has 3 heteroatoms. The van der Waals surface area contributed by atoms with Crippen LogP contribution in [-0.4, -0.2) is 7.05 Å². The fourth-order valence-electron chi connectivity index (χ4n) is 3.26. The van der Waals surface area contributed by atoms with E-state index in [0.717, 1.165) is 0 Å². The zero-order valence-corrected chi connectivity index (χ0v) is 15.5. The predicted molar refractivity (Wildman–Crippen MR) is 95.7 cm³/mol. The van der Waals surface area contributed by atoms with Crippen LogP contribution in [0.3, 0.4) is 0 Å². The molecule has 0 heterocycles. The monoisotopic (exact) mass is 407 g/mol. The minimum Gasteiger partial charge on any atom is -0.312 e. The van der Waals surface area contributed by atoms with E-state index >= 15 is 0 Å². The molecule has 1 atom stereocenters. The number of hydrogen-bond donors (Lipinski definition) is 1. The quantitative estimate of drug-likeness (QED) is 0.702. The van der Waals surface area contributed by atoms with Crippen molar-refractivity contribution in [3.63, 3.8) is 0 Å². The van der Waals surface area contributed by atoms with Crippen LogP contribution in [0.25, 0.3) is 0 Å². The molecule has 0 spiro atoms. The zero-order valence-electron chi connectivity index (χ0n) is 12.3. The van der Waals surface area contributed by atoms with Crippen LogP contribution in [0.5, 0.6) is 0 Å². The van der Waals surface area contributed by atoms with Crippen molar-refractivity contribution in [3.8, 4) is 0 Å². The third kappa shape index (κ3) is 2.71. The summed E-state index contributed by atoms with van der Waals surface area (Å²) < 4.78 is 2.36. The second-order valence-electron chi connectivity index (χ2n) is 5.87. The third-order valence-electron chi connectivity index (χ3n) is 4.57. The van der Waals surface area contributed by atoms with E-state index in [-0.39, 0.29) is 5.41 Å². The third-order valence-corrected chi connectivity index (χ3v) is 6.11. The van der Waals surface area contributed by atoms with Crippen molar-refractivity contribution in [2.45, 2.75) is 31.2 Å². The van der Waals surface area contributed by atoms with Crippen molar-refractivity contribution in [3.05, 3.63) is 68.1 Å². The van der Waals surface area contributed by atoms with E-state index in [2.05, 4.69) is 93.6 Å². The lowest BCUT2D eigenvalue weighted by atomic mass is 9.84. The van der Waals surface area contributed by atoms with Crippen LogP contribution in [0.2, 0.25) is 0 Å². The summed E-state index contributed by atoms with van der Waals surface area (Å²) in [4.78, 5) is 0. The van der Waals surface area contributed by atoms with Crippen molar-refractivity contribution in [2.24, 2.45) is 0 Å². The van der Waals surface area contributed by atoms with Gasteiger partial charge >= 0.3 is 0 Å². The van der Waals surface area contributed by atoms with Crippen LogP contribution in [0.1, 0.15) is 35.6 Å². The highest BCUT2D eigenvalue weighted by Crippen LogP contribution is 2.57. The average Bonchev–Trinajstić information content (AvgIpc) is 3.28.